The topological polar surface area (TPSA) is 29.5 Å². The van der Waals surface area contributed by atoms with Gasteiger partial charge in [-0.1, -0.05) is 40.9 Å². The van der Waals surface area contributed by atoms with Crippen LogP contribution in [0.15, 0.2) is 30.3 Å². The summed E-state index contributed by atoms with van der Waals surface area (Å²) in [6, 6.07) is 7.11. The van der Waals surface area contributed by atoms with Crippen molar-refractivity contribution in [1.82, 2.24) is 0 Å². The van der Waals surface area contributed by atoms with Crippen LogP contribution in [0.2, 0.25) is 15.1 Å². The number of ether oxygens (including phenoxy) is 1. The lowest BCUT2D eigenvalue weighted by Crippen LogP contribution is -2.00. The van der Waals surface area contributed by atoms with Crippen molar-refractivity contribution in [3.05, 3.63) is 56.8 Å². The molecule has 0 unspecified atom stereocenters. The predicted molar refractivity (Wildman–Crippen MR) is 78.6 cm³/mol. The van der Waals surface area contributed by atoms with Gasteiger partial charge in [-0.3, -0.25) is 0 Å². The van der Waals surface area contributed by atoms with Gasteiger partial charge < -0.3 is 9.84 Å². The van der Waals surface area contributed by atoms with Gasteiger partial charge in [0.2, 0.25) is 0 Å². The molecule has 20 heavy (non-hydrogen) atoms. The zero-order valence-electron chi connectivity index (χ0n) is 10.3. The molecule has 0 aliphatic carbocycles. The third kappa shape index (κ3) is 3.18. The van der Waals surface area contributed by atoms with Crippen LogP contribution in [0.1, 0.15) is 18.6 Å². The van der Waals surface area contributed by atoms with Gasteiger partial charge in [-0.25, -0.2) is 4.39 Å². The highest BCUT2D eigenvalue weighted by Crippen LogP contribution is 2.38. The first kappa shape index (κ1) is 15.4. The third-order valence-corrected chi connectivity index (χ3v) is 3.64. The quantitative estimate of drug-likeness (QED) is 0.736. The number of hydrogen-bond acceptors (Lipinski definition) is 2. The third-order valence-electron chi connectivity index (χ3n) is 2.63. The zero-order chi connectivity index (χ0) is 14.9. The molecule has 2 nitrogen and oxygen atoms in total. The maximum Gasteiger partial charge on any atom is 0.147 e. The summed E-state index contributed by atoms with van der Waals surface area (Å²) in [5.41, 5.74) is 0.0506. The van der Waals surface area contributed by atoms with Crippen LogP contribution in [0.3, 0.4) is 0 Å². The normalized spacial score (nSPS) is 12.3. The van der Waals surface area contributed by atoms with Crippen LogP contribution in [0.25, 0.3) is 0 Å². The fourth-order valence-corrected chi connectivity index (χ4v) is 2.29. The van der Waals surface area contributed by atoms with Crippen LogP contribution in [0, 0.1) is 5.82 Å². The van der Waals surface area contributed by atoms with Gasteiger partial charge in [0.25, 0.3) is 0 Å². The molecule has 2 aromatic carbocycles. The molecule has 0 aliphatic rings. The monoisotopic (exact) mass is 334 g/mol. The van der Waals surface area contributed by atoms with Crippen molar-refractivity contribution < 1.29 is 14.2 Å². The lowest BCUT2D eigenvalue weighted by atomic mass is 10.1. The second-order valence-electron chi connectivity index (χ2n) is 4.13. The Hall–Kier alpha value is -1.000. The van der Waals surface area contributed by atoms with Crippen molar-refractivity contribution in [3.8, 4) is 11.5 Å². The summed E-state index contributed by atoms with van der Waals surface area (Å²) < 4.78 is 19.3. The van der Waals surface area contributed by atoms with Gasteiger partial charge in [0, 0.05) is 6.07 Å². The summed E-state index contributed by atoms with van der Waals surface area (Å²) in [5, 5.41) is 10.4. The number of rotatable bonds is 3. The molecule has 0 heterocycles. The predicted octanol–water partition coefficient (Wildman–Crippen LogP) is 5.63. The minimum absolute atomic E-state index is 0.0506. The second kappa shape index (κ2) is 6.19. The van der Waals surface area contributed by atoms with Crippen LogP contribution in [-0.4, -0.2) is 5.11 Å². The van der Waals surface area contributed by atoms with E-state index in [9.17, 15) is 9.50 Å². The van der Waals surface area contributed by atoms with Gasteiger partial charge in [-0.2, -0.15) is 0 Å². The molecular weight excluding hydrogens is 326 g/mol. The average Bonchev–Trinajstić information content (AvgIpc) is 2.35. The molecular formula is C14H10Cl3FO2. The van der Waals surface area contributed by atoms with Gasteiger partial charge in [0.05, 0.1) is 26.7 Å². The van der Waals surface area contributed by atoms with Crippen LogP contribution in [0.4, 0.5) is 4.39 Å². The average molecular weight is 336 g/mol. The van der Waals surface area contributed by atoms with Crippen LogP contribution >= 0.6 is 34.8 Å². The first-order chi connectivity index (χ1) is 9.40. The van der Waals surface area contributed by atoms with Crippen molar-refractivity contribution in [2.24, 2.45) is 0 Å². The summed E-state index contributed by atoms with van der Waals surface area (Å²) in [5.74, 6) is -0.164. The molecule has 0 bridgehead atoms. The van der Waals surface area contributed by atoms with Gasteiger partial charge in [-0.05, 0) is 25.1 Å². The van der Waals surface area contributed by atoms with Gasteiger partial charge in [0.15, 0.2) is 0 Å². The molecule has 0 spiro atoms. The minimum Gasteiger partial charge on any atom is -0.455 e. The Morgan fingerprint density at radius 3 is 2.35 bits per heavy atom. The van der Waals surface area contributed by atoms with E-state index < -0.39 is 11.9 Å². The van der Waals surface area contributed by atoms with E-state index in [1.807, 2.05) is 0 Å². The van der Waals surface area contributed by atoms with Gasteiger partial charge in [-0.15, -0.1) is 0 Å². The van der Waals surface area contributed by atoms with E-state index in [2.05, 4.69) is 0 Å². The van der Waals surface area contributed by atoms with Crippen LogP contribution in [-0.2, 0) is 0 Å². The number of aliphatic hydroxyl groups excluding tert-OH is 1. The van der Waals surface area contributed by atoms with Crippen molar-refractivity contribution in [3.63, 3.8) is 0 Å². The van der Waals surface area contributed by atoms with Gasteiger partial charge >= 0.3 is 0 Å². The number of hydrogen-bond donors (Lipinski definition) is 1. The molecule has 0 amide bonds. The largest absolute Gasteiger partial charge is 0.455 e. The van der Waals surface area contributed by atoms with Crippen molar-refractivity contribution in [2.45, 2.75) is 13.0 Å². The van der Waals surface area contributed by atoms with E-state index in [1.54, 1.807) is 0 Å². The fraction of sp³-hybridized carbons (Fsp3) is 0.143. The van der Waals surface area contributed by atoms with E-state index in [4.69, 9.17) is 39.5 Å². The second-order valence-corrected chi connectivity index (χ2v) is 5.35. The van der Waals surface area contributed by atoms with Crippen molar-refractivity contribution in [2.75, 3.05) is 0 Å². The van der Waals surface area contributed by atoms with E-state index >= 15 is 0 Å². The maximum atomic E-state index is 13.7. The Morgan fingerprint density at radius 1 is 1.05 bits per heavy atom. The highest BCUT2D eigenvalue weighted by Gasteiger charge is 2.17. The number of halogens is 4. The highest BCUT2D eigenvalue weighted by atomic mass is 35.5. The molecule has 1 N–H and O–H groups in total. The Morgan fingerprint density at radius 2 is 1.70 bits per heavy atom. The highest BCUT2D eigenvalue weighted by molar-refractivity contribution is 6.43. The molecule has 106 valence electrons. The molecule has 0 aliphatic heterocycles. The maximum absolute atomic E-state index is 13.7. The fourth-order valence-electron chi connectivity index (χ4n) is 1.71. The molecule has 0 fully saturated rings. The number of benzene rings is 2. The summed E-state index contributed by atoms with van der Waals surface area (Å²) in [7, 11) is 0. The van der Waals surface area contributed by atoms with E-state index in [1.165, 1.54) is 37.3 Å². The lowest BCUT2D eigenvalue weighted by molar-refractivity contribution is 0.190. The molecule has 0 aromatic heterocycles. The van der Waals surface area contributed by atoms with E-state index in [0.717, 1.165) is 0 Å². The summed E-state index contributed by atoms with van der Waals surface area (Å²) in [6.07, 6.45) is -1.02. The van der Waals surface area contributed by atoms with Crippen LogP contribution in [0.5, 0.6) is 11.5 Å². The number of aliphatic hydroxyl groups is 1. The molecule has 2 aromatic rings. The molecule has 0 saturated carbocycles. The summed E-state index contributed by atoms with van der Waals surface area (Å²) in [6.45, 7) is 1.45. The molecule has 1 atom stereocenters. The van der Waals surface area contributed by atoms with Crippen molar-refractivity contribution in [1.29, 1.82) is 0 Å². The lowest BCUT2D eigenvalue weighted by Gasteiger charge is -2.15. The Balaban J connectivity index is 2.45. The molecule has 2 rings (SSSR count). The Bertz CT molecular complexity index is 645. The van der Waals surface area contributed by atoms with E-state index in [-0.39, 0.29) is 27.1 Å². The Labute approximate surface area is 130 Å². The SMILES string of the molecule is C[C@H](O)c1c(F)cccc1Oc1cc(Cl)c(Cl)cc1Cl. The Kier molecular flexibility index (Phi) is 4.76. The first-order valence-electron chi connectivity index (χ1n) is 5.69. The smallest absolute Gasteiger partial charge is 0.147 e. The standard InChI is InChI=1S/C14H10Cl3FO2/c1-7(19)14-11(18)3-2-4-12(14)20-13-6-9(16)8(15)5-10(13)17/h2-7,19H,1H3/t7-/m0/s1. The van der Waals surface area contributed by atoms with Gasteiger partial charge in [0.1, 0.15) is 17.3 Å². The van der Waals surface area contributed by atoms with E-state index in [0.29, 0.717) is 5.02 Å². The summed E-state index contributed by atoms with van der Waals surface area (Å²) >= 11 is 17.7. The molecule has 0 saturated heterocycles. The van der Waals surface area contributed by atoms with Crippen molar-refractivity contribution >= 4 is 34.8 Å². The summed E-state index contributed by atoms with van der Waals surface area (Å²) in [4.78, 5) is 0. The zero-order valence-corrected chi connectivity index (χ0v) is 12.6. The van der Waals surface area contributed by atoms with Crippen LogP contribution < -0.4 is 4.74 Å². The minimum atomic E-state index is -1.02. The molecule has 6 heteroatoms. The molecule has 0 radical (unpaired) electrons. The first-order valence-corrected chi connectivity index (χ1v) is 6.82.